The van der Waals surface area contributed by atoms with Crippen LogP contribution in [0.25, 0.3) is 0 Å². The number of methoxy groups -OCH3 is 1. The van der Waals surface area contributed by atoms with Gasteiger partial charge in [-0.1, -0.05) is 25.4 Å². The minimum atomic E-state index is -0.519. The van der Waals surface area contributed by atoms with Crippen molar-refractivity contribution in [2.24, 2.45) is 5.92 Å². The fourth-order valence-corrected chi connectivity index (χ4v) is 2.10. The third-order valence-corrected chi connectivity index (χ3v) is 3.56. The van der Waals surface area contributed by atoms with Gasteiger partial charge in [0.05, 0.1) is 23.4 Å². The molecule has 25 heavy (non-hydrogen) atoms. The maximum Gasteiger partial charge on any atom is 0.337 e. The molecule has 8 heteroatoms. The van der Waals surface area contributed by atoms with E-state index in [1.165, 1.54) is 31.6 Å². The predicted octanol–water partition coefficient (Wildman–Crippen LogP) is 3.24. The van der Waals surface area contributed by atoms with Gasteiger partial charge >= 0.3 is 5.97 Å². The summed E-state index contributed by atoms with van der Waals surface area (Å²) in [5.74, 6) is 0.0173. The predicted molar refractivity (Wildman–Crippen MR) is 96.1 cm³/mol. The molecule has 1 aromatic heterocycles. The van der Waals surface area contributed by atoms with Crippen LogP contribution in [-0.2, 0) is 4.74 Å². The van der Waals surface area contributed by atoms with Gasteiger partial charge in [0.1, 0.15) is 17.8 Å². The molecule has 1 amide bonds. The lowest BCUT2D eigenvalue weighted by Crippen LogP contribution is -2.16. The van der Waals surface area contributed by atoms with Crippen LogP contribution in [-0.4, -0.2) is 35.5 Å². The fourth-order valence-electron chi connectivity index (χ4n) is 1.94. The number of hydrogen-bond acceptors (Lipinski definition) is 6. The molecule has 0 fully saturated rings. The van der Waals surface area contributed by atoms with Gasteiger partial charge in [0.25, 0.3) is 5.91 Å². The number of carbonyl (C=O) groups excluding carboxylic acids is 2. The summed E-state index contributed by atoms with van der Waals surface area (Å²) in [6, 6.07) is 6.03. The first kappa shape index (κ1) is 18.7. The Labute approximate surface area is 150 Å². The van der Waals surface area contributed by atoms with Crippen LogP contribution in [0.1, 0.15) is 34.7 Å². The topological polar surface area (TPSA) is 93.2 Å². The van der Waals surface area contributed by atoms with E-state index in [1.807, 2.05) is 0 Å². The average molecular weight is 363 g/mol. The molecule has 0 aliphatic carbocycles. The fraction of sp³-hybridized carbons (Fsp3) is 0.294. The summed E-state index contributed by atoms with van der Waals surface area (Å²) in [5, 5.41) is 6.07. The van der Waals surface area contributed by atoms with Gasteiger partial charge < -0.3 is 15.4 Å². The Morgan fingerprint density at radius 3 is 2.68 bits per heavy atom. The van der Waals surface area contributed by atoms with Crippen LogP contribution in [0.2, 0.25) is 5.02 Å². The van der Waals surface area contributed by atoms with Gasteiger partial charge in [0.2, 0.25) is 0 Å². The second-order valence-electron chi connectivity index (χ2n) is 5.70. The number of benzene rings is 1. The molecule has 1 aromatic carbocycles. The molecule has 0 unspecified atom stereocenters. The Balaban J connectivity index is 2.17. The van der Waals surface area contributed by atoms with Crippen molar-refractivity contribution in [3.8, 4) is 0 Å². The SMILES string of the molecule is COC(=O)c1ccc(Cl)c(NC(=O)c2cc(NCC(C)C)ncn2)c1. The molecule has 0 saturated heterocycles. The van der Waals surface area contributed by atoms with Crippen molar-refractivity contribution in [2.45, 2.75) is 13.8 Å². The highest BCUT2D eigenvalue weighted by atomic mass is 35.5. The van der Waals surface area contributed by atoms with Crippen molar-refractivity contribution >= 4 is 35.0 Å². The number of ether oxygens (including phenoxy) is 1. The van der Waals surface area contributed by atoms with Gasteiger partial charge in [-0.05, 0) is 24.1 Å². The third kappa shape index (κ3) is 5.15. The summed E-state index contributed by atoms with van der Waals surface area (Å²) < 4.78 is 4.66. The van der Waals surface area contributed by atoms with Gasteiger partial charge in [-0.2, -0.15) is 0 Å². The number of rotatable bonds is 6. The van der Waals surface area contributed by atoms with E-state index in [-0.39, 0.29) is 11.3 Å². The van der Waals surface area contributed by atoms with Crippen LogP contribution in [0.5, 0.6) is 0 Å². The Morgan fingerprint density at radius 1 is 1.24 bits per heavy atom. The summed E-state index contributed by atoms with van der Waals surface area (Å²) in [7, 11) is 1.28. The zero-order valence-electron chi connectivity index (χ0n) is 14.2. The van der Waals surface area contributed by atoms with Crippen molar-refractivity contribution in [3.63, 3.8) is 0 Å². The largest absolute Gasteiger partial charge is 0.465 e. The van der Waals surface area contributed by atoms with Crippen LogP contribution in [0.3, 0.4) is 0 Å². The van der Waals surface area contributed by atoms with E-state index in [2.05, 4.69) is 39.2 Å². The molecule has 0 saturated carbocycles. The van der Waals surface area contributed by atoms with Crippen LogP contribution in [0, 0.1) is 5.92 Å². The summed E-state index contributed by atoms with van der Waals surface area (Å²) in [6.07, 6.45) is 1.31. The first-order valence-electron chi connectivity index (χ1n) is 7.66. The molecule has 0 atom stereocenters. The molecule has 132 valence electrons. The van der Waals surface area contributed by atoms with Gasteiger partial charge in [0, 0.05) is 12.6 Å². The number of amides is 1. The minimum absolute atomic E-state index is 0.181. The molecule has 7 nitrogen and oxygen atoms in total. The van der Waals surface area contributed by atoms with E-state index in [1.54, 1.807) is 6.07 Å². The number of aromatic nitrogens is 2. The first-order chi connectivity index (χ1) is 11.9. The van der Waals surface area contributed by atoms with E-state index in [9.17, 15) is 9.59 Å². The Hall–Kier alpha value is -2.67. The number of nitrogens with one attached hydrogen (secondary N) is 2. The lowest BCUT2D eigenvalue weighted by atomic mass is 10.2. The highest BCUT2D eigenvalue weighted by Gasteiger charge is 2.14. The molecule has 0 aliphatic rings. The smallest absolute Gasteiger partial charge is 0.337 e. The van der Waals surface area contributed by atoms with E-state index < -0.39 is 11.9 Å². The van der Waals surface area contributed by atoms with E-state index >= 15 is 0 Å². The zero-order valence-corrected chi connectivity index (χ0v) is 14.9. The first-order valence-corrected chi connectivity index (χ1v) is 8.03. The zero-order chi connectivity index (χ0) is 18.4. The van der Waals surface area contributed by atoms with Crippen LogP contribution < -0.4 is 10.6 Å². The lowest BCUT2D eigenvalue weighted by molar-refractivity contribution is 0.0600. The number of halogens is 1. The van der Waals surface area contributed by atoms with Gasteiger partial charge in [0.15, 0.2) is 0 Å². The molecule has 0 bridgehead atoms. The molecule has 2 rings (SSSR count). The second kappa shape index (κ2) is 8.43. The quantitative estimate of drug-likeness (QED) is 0.766. The number of esters is 1. The monoisotopic (exact) mass is 362 g/mol. The van der Waals surface area contributed by atoms with Crippen molar-refractivity contribution in [1.29, 1.82) is 0 Å². The van der Waals surface area contributed by atoms with Gasteiger partial charge in [-0.25, -0.2) is 14.8 Å². The van der Waals surface area contributed by atoms with E-state index in [0.717, 1.165) is 6.54 Å². The molecule has 1 heterocycles. The summed E-state index contributed by atoms with van der Waals surface area (Å²) in [6.45, 7) is 4.86. The molecule has 2 aromatic rings. The number of carbonyl (C=O) groups is 2. The third-order valence-electron chi connectivity index (χ3n) is 3.23. The van der Waals surface area contributed by atoms with Crippen LogP contribution in [0.4, 0.5) is 11.5 Å². The van der Waals surface area contributed by atoms with Crippen LogP contribution >= 0.6 is 11.6 Å². The summed E-state index contributed by atoms with van der Waals surface area (Å²) in [4.78, 5) is 32.0. The number of anilines is 2. The Kier molecular flexibility index (Phi) is 6.30. The standard InChI is InChI=1S/C17H19ClN4O3/c1-10(2)8-19-15-7-14(20-9-21-15)16(23)22-13-6-11(17(24)25-3)4-5-12(13)18/h4-7,9-10H,8H2,1-3H3,(H,22,23)(H,19,20,21). The van der Waals surface area contributed by atoms with Crippen molar-refractivity contribution in [1.82, 2.24) is 9.97 Å². The second-order valence-corrected chi connectivity index (χ2v) is 6.11. The molecule has 0 spiro atoms. The van der Waals surface area contributed by atoms with Gasteiger partial charge in [-0.15, -0.1) is 0 Å². The van der Waals surface area contributed by atoms with Crippen molar-refractivity contribution in [2.75, 3.05) is 24.3 Å². The Bertz CT molecular complexity index is 780. The lowest BCUT2D eigenvalue weighted by Gasteiger charge is -2.10. The molecule has 0 aliphatic heterocycles. The molecular weight excluding hydrogens is 344 g/mol. The van der Waals surface area contributed by atoms with Crippen LogP contribution in [0.15, 0.2) is 30.6 Å². The van der Waals surface area contributed by atoms with E-state index in [0.29, 0.717) is 22.4 Å². The maximum atomic E-state index is 12.4. The maximum absolute atomic E-state index is 12.4. The molecular formula is C17H19ClN4O3. The number of nitrogens with zero attached hydrogens (tertiary/aromatic N) is 2. The van der Waals surface area contributed by atoms with Gasteiger partial charge in [-0.3, -0.25) is 4.79 Å². The Morgan fingerprint density at radius 2 is 2.00 bits per heavy atom. The van der Waals surface area contributed by atoms with Crippen molar-refractivity contribution in [3.05, 3.63) is 46.9 Å². The van der Waals surface area contributed by atoms with Crippen molar-refractivity contribution < 1.29 is 14.3 Å². The minimum Gasteiger partial charge on any atom is -0.465 e. The molecule has 0 radical (unpaired) electrons. The summed E-state index contributed by atoms with van der Waals surface area (Å²) in [5.41, 5.74) is 0.759. The normalized spacial score (nSPS) is 10.4. The molecule has 2 N–H and O–H groups in total. The van der Waals surface area contributed by atoms with E-state index in [4.69, 9.17) is 11.6 Å². The number of hydrogen-bond donors (Lipinski definition) is 2. The highest BCUT2D eigenvalue weighted by Crippen LogP contribution is 2.24. The average Bonchev–Trinajstić information content (AvgIpc) is 2.61. The highest BCUT2D eigenvalue weighted by molar-refractivity contribution is 6.34. The summed E-state index contributed by atoms with van der Waals surface area (Å²) >= 11 is 6.08.